The third kappa shape index (κ3) is 2.26. The van der Waals surface area contributed by atoms with Crippen LogP contribution in [-0.4, -0.2) is 45.4 Å². The van der Waals surface area contributed by atoms with Crippen LogP contribution < -0.4 is 4.90 Å². The van der Waals surface area contributed by atoms with Crippen molar-refractivity contribution in [3.8, 4) is 0 Å². The summed E-state index contributed by atoms with van der Waals surface area (Å²) in [5, 5.41) is 4.64. The highest BCUT2D eigenvalue weighted by atomic mass is 35.5. The maximum Gasteiger partial charge on any atom is 0.255 e. The van der Waals surface area contributed by atoms with Crippen LogP contribution in [0.3, 0.4) is 0 Å². The zero-order valence-electron chi connectivity index (χ0n) is 11.0. The highest BCUT2D eigenvalue weighted by Gasteiger charge is 2.32. The SMILES string of the molecule is COC1(C)CCCN(c2cc(Cl)nc3ncnn23)C1. The topological polar surface area (TPSA) is 55.5 Å². The molecule has 1 unspecified atom stereocenters. The van der Waals surface area contributed by atoms with E-state index < -0.39 is 0 Å². The van der Waals surface area contributed by atoms with Crippen LogP contribution in [0.1, 0.15) is 19.8 Å². The van der Waals surface area contributed by atoms with Gasteiger partial charge in [-0.3, -0.25) is 0 Å². The minimum Gasteiger partial charge on any atom is -0.377 e. The predicted molar refractivity (Wildman–Crippen MR) is 72.7 cm³/mol. The first-order chi connectivity index (χ1) is 9.11. The normalized spacial score (nSPS) is 24.1. The van der Waals surface area contributed by atoms with E-state index in [0.717, 1.165) is 31.7 Å². The van der Waals surface area contributed by atoms with Gasteiger partial charge in [0.2, 0.25) is 0 Å². The molecule has 0 N–H and O–H groups in total. The van der Waals surface area contributed by atoms with Crippen molar-refractivity contribution in [2.24, 2.45) is 0 Å². The van der Waals surface area contributed by atoms with E-state index >= 15 is 0 Å². The number of rotatable bonds is 2. The molecule has 0 saturated carbocycles. The van der Waals surface area contributed by atoms with Gasteiger partial charge in [-0.1, -0.05) is 11.6 Å². The molecule has 0 bridgehead atoms. The van der Waals surface area contributed by atoms with Gasteiger partial charge in [0, 0.05) is 26.3 Å². The minimum absolute atomic E-state index is 0.138. The molecule has 0 spiro atoms. The van der Waals surface area contributed by atoms with Gasteiger partial charge in [0.1, 0.15) is 17.3 Å². The number of methoxy groups -OCH3 is 1. The highest BCUT2D eigenvalue weighted by Crippen LogP contribution is 2.28. The highest BCUT2D eigenvalue weighted by molar-refractivity contribution is 6.29. The Hall–Kier alpha value is -1.40. The molecule has 2 aromatic rings. The van der Waals surface area contributed by atoms with Crippen LogP contribution in [0, 0.1) is 0 Å². The molecule has 3 heterocycles. The van der Waals surface area contributed by atoms with Crippen molar-refractivity contribution in [3.05, 3.63) is 17.5 Å². The lowest BCUT2D eigenvalue weighted by atomic mass is 9.95. The van der Waals surface area contributed by atoms with E-state index in [1.54, 1.807) is 11.6 Å². The van der Waals surface area contributed by atoms with Crippen LogP contribution in [0.15, 0.2) is 12.4 Å². The molecular weight excluding hydrogens is 266 g/mol. The number of hydrogen-bond acceptors (Lipinski definition) is 5. The number of nitrogens with zero attached hydrogens (tertiary/aromatic N) is 5. The Labute approximate surface area is 116 Å². The molecule has 1 saturated heterocycles. The average molecular weight is 282 g/mol. The van der Waals surface area contributed by atoms with Gasteiger partial charge in [-0.25, -0.2) is 0 Å². The molecule has 102 valence electrons. The molecule has 6 nitrogen and oxygen atoms in total. The van der Waals surface area contributed by atoms with Crippen molar-refractivity contribution in [2.45, 2.75) is 25.4 Å². The third-order valence-electron chi connectivity index (χ3n) is 3.68. The molecule has 1 aliphatic heterocycles. The molecule has 0 aliphatic carbocycles. The van der Waals surface area contributed by atoms with E-state index in [2.05, 4.69) is 26.9 Å². The van der Waals surface area contributed by atoms with Crippen LogP contribution in [0.2, 0.25) is 5.15 Å². The van der Waals surface area contributed by atoms with Gasteiger partial charge in [-0.2, -0.15) is 19.6 Å². The Balaban J connectivity index is 2.01. The summed E-state index contributed by atoms with van der Waals surface area (Å²) in [6.07, 6.45) is 3.61. The lowest BCUT2D eigenvalue weighted by molar-refractivity contribution is -0.00489. The standard InChI is InChI=1S/C12H16ClN5O/c1-12(19-2)4-3-5-17(7-12)10-6-9(13)16-11-14-8-15-18(10)11/h6,8H,3-5,7H2,1-2H3. The molecule has 2 aromatic heterocycles. The van der Waals surface area contributed by atoms with E-state index in [1.165, 1.54) is 6.33 Å². The van der Waals surface area contributed by atoms with Crippen LogP contribution >= 0.6 is 11.6 Å². The summed E-state index contributed by atoms with van der Waals surface area (Å²) in [4.78, 5) is 10.5. The van der Waals surface area contributed by atoms with Crippen molar-refractivity contribution in [2.75, 3.05) is 25.1 Å². The Kier molecular flexibility index (Phi) is 3.06. The smallest absolute Gasteiger partial charge is 0.255 e. The quantitative estimate of drug-likeness (QED) is 0.786. The summed E-state index contributed by atoms with van der Waals surface area (Å²) in [5.41, 5.74) is -0.138. The number of hydrogen-bond donors (Lipinski definition) is 0. The summed E-state index contributed by atoms with van der Waals surface area (Å²) in [5.74, 6) is 1.43. The van der Waals surface area contributed by atoms with Crippen molar-refractivity contribution < 1.29 is 4.74 Å². The van der Waals surface area contributed by atoms with E-state index in [0.29, 0.717) is 10.9 Å². The van der Waals surface area contributed by atoms with Crippen LogP contribution in [-0.2, 0) is 4.74 Å². The molecular formula is C12H16ClN5O. The summed E-state index contributed by atoms with van der Waals surface area (Å²) in [7, 11) is 1.76. The Morgan fingerprint density at radius 2 is 2.32 bits per heavy atom. The van der Waals surface area contributed by atoms with Crippen molar-refractivity contribution in [1.29, 1.82) is 0 Å². The van der Waals surface area contributed by atoms with E-state index in [-0.39, 0.29) is 5.60 Å². The van der Waals surface area contributed by atoms with Crippen molar-refractivity contribution in [3.63, 3.8) is 0 Å². The van der Waals surface area contributed by atoms with Crippen LogP contribution in [0.25, 0.3) is 5.78 Å². The number of ether oxygens (including phenoxy) is 1. The second-order valence-electron chi connectivity index (χ2n) is 5.09. The predicted octanol–water partition coefficient (Wildman–Crippen LogP) is 1.78. The second kappa shape index (κ2) is 4.61. The number of aromatic nitrogens is 4. The fraction of sp³-hybridized carbons (Fsp3) is 0.583. The summed E-state index contributed by atoms with van der Waals surface area (Å²) in [6.45, 7) is 3.88. The number of anilines is 1. The first kappa shape index (κ1) is 12.6. The molecule has 3 rings (SSSR count). The molecule has 7 heteroatoms. The van der Waals surface area contributed by atoms with E-state index in [4.69, 9.17) is 16.3 Å². The fourth-order valence-electron chi connectivity index (χ4n) is 2.56. The van der Waals surface area contributed by atoms with Gasteiger partial charge in [0.05, 0.1) is 5.60 Å². The summed E-state index contributed by atoms with van der Waals surface area (Å²) in [6, 6.07) is 1.82. The lowest BCUT2D eigenvalue weighted by Gasteiger charge is -2.40. The van der Waals surface area contributed by atoms with Crippen LogP contribution in [0.4, 0.5) is 5.82 Å². The zero-order valence-corrected chi connectivity index (χ0v) is 11.8. The molecule has 1 atom stereocenters. The number of halogens is 1. The Bertz CT molecular complexity index is 601. The summed E-state index contributed by atoms with van der Waals surface area (Å²) >= 11 is 6.05. The van der Waals surface area contributed by atoms with Crippen molar-refractivity contribution in [1.82, 2.24) is 19.6 Å². The molecule has 0 aromatic carbocycles. The third-order valence-corrected chi connectivity index (χ3v) is 3.87. The van der Waals surface area contributed by atoms with E-state index in [1.807, 2.05) is 6.07 Å². The molecule has 1 fully saturated rings. The van der Waals surface area contributed by atoms with Gasteiger partial charge in [0.25, 0.3) is 5.78 Å². The Morgan fingerprint density at radius 1 is 1.47 bits per heavy atom. The number of piperidine rings is 1. The second-order valence-corrected chi connectivity index (χ2v) is 5.48. The van der Waals surface area contributed by atoms with Crippen molar-refractivity contribution >= 4 is 23.2 Å². The van der Waals surface area contributed by atoms with Gasteiger partial charge in [-0.05, 0) is 19.8 Å². The molecule has 19 heavy (non-hydrogen) atoms. The maximum absolute atomic E-state index is 6.05. The Morgan fingerprint density at radius 3 is 3.11 bits per heavy atom. The zero-order chi connectivity index (χ0) is 13.5. The minimum atomic E-state index is -0.138. The first-order valence-corrected chi connectivity index (χ1v) is 6.65. The fourth-order valence-corrected chi connectivity index (χ4v) is 2.74. The van der Waals surface area contributed by atoms with E-state index in [9.17, 15) is 0 Å². The largest absolute Gasteiger partial charge is 0.377 e. The average Bonchev–Trinajstić information content (AvgIpc) is 2.86. The summed E-state index contributed by atoms with van der Waals surface area (Å²) < 4.78 is 7.33. The molecule has 0 amide bonds. The first-order valence-electron chi connectivity index (χ1n) is 6.28. The van der Waals surface area contributed by atoms with Gasteiger partial charge in [-0.15, -0.1) is 0 Å². The molecule has 0 radical (unpaired) electrons. The number of fused-ring (bicyclic) bond motifs is 1. The van der Waals surface area contributed by atoms with Gasteiger partial charge in [0.15, 0.2) is 0 Å². The van der Waals surface area contributed by atoms with Crippen LogP contribution in [0.5, 0.6) is 0 Å². The maximum atomic E-state index is 6.05. The monoisotopic (exact) mass is 281 g/mol. The lowest BCUT2D eigenvalue weighted by Crippen LogP contribution is -2.48. The molecule has 1 aliphatic rings. The van der Waals surface area contributed by atoms with Gasteiger partial charge < -0.3 is 9.64 Å². The van der Waals surface area contributed by atoms with Gasteiger partial charge >= 0.3 is 0 Å².